The number of aryl methyl sites for hydroxylation is 1. The molecule has 0 unspecified atom stereocenters. The van der Waals surface area contributed by atoms with E-state index >= 15 is 0 Å². The average molecular weight is 544 g/mol. The molecule has 4 rings (SSSR count). The monoisotopic (exact) mass is 543 g/mol. The molecule has 1 aromatic carbocycles. The summed E-state index contributed by atoms with van der Waals surface area (Å²) in [6, 6.07) is 7.25. The number of para-hydroxylation sites is 2. The van der Waals surface area contributed by atoms with Gasteiger partial charge in [0.05, 0.1) is 36.2 Å². The number of hydrogen-bond donors (Lipinski definition) is 1. The highest BCUT2D eigenvalue weighted by Crippen LogP contribution is 2.27. The molecule has 2 aliphatic rings. The fourth-order valence-electron chi connectivity index (χ4n) is 5.58. The van der Waals surface area contributed by atoms with Gasteiger partial charge in [0.2, 0.25) is 5.91 Å². The summed E-state index contributed by atoms with van der Waals surface area (Å²) < 4.78 is 12.6. The van der Waals surface area contributed by atoms with E-state index in [4.69, 9.17) is 14.5 Å². The number of morpholine rings is 1. The van der Waals surface area contributed by atoms with Gasteiger partial charge in [-0.25, -0.2) is 9.78 Å². The Hall–Kier alpha value is -3.18. The first-order valence-electron chi connectivity index (χ1n) is 13.9. The van der Waals surface area contributed by atoms with Gasteiger partial charge in [-0.1, -0.05) is 26.0 Å². The molecule has 1 aromatic heterocycles. The number of carbonyl (C=O) groups excluding carboxylic acids is 2. The molecule has 3 heterocycles. The second-order valence-corrected chi connectivity index (χ2v) is 10.8. The molecular weight excluding hydrogens is 502 g/mol. The molecule has 2 atom stereocenters. The lowest BCUT2D eigenvalue weighted by molar-refractivity contribution is -0.142. The lowest BCUT2D eigenvalue weighted by atomic mass is 9.91. The summed E-state index contributed by atoms with van der Waals surface area (Å²) in [5.74, 6) is -0.342. The number of hydrogen-bond acceptors (Lipinski definition) is 6. The number of aromatic nitrogens is 2. The van der Waals surface area contributed by atoms with Crippen molar-refractivity contribution in [3.63, 3.8) is 0 Å². The molecule has 11 nitrogen and oxygen atoms in total. The van der Waals surface area contributed by atoms with Crippen molar-refractivity contribution in [1.82, 2.24) is 24.3 Å². The van der Waals surface area contributed by atoms with Crippen LogP contribution < -0.4 is 0 Å². The highest BCUT2D eigenvalue weighted by Gasteiger charge is 2.40. The number of nitrogens with zero attached hydrogens (tertiary/aromatic N) is 5. The summed E-state index contributed by atoms with van der Waals surface area (Å²) in [5, 5.41) is 9.92. The minimum absolute atomic E-state index is 0.0726. The number of methoxy groups -OCH3 is 1. The second-order valence-electron chi connectivity index (χ2n) is 10.8. The molecular formula is C28H41N5O6. The van der Waals surface area contributed by atoms with Gasteiger partial charge in [-0.05, 0) is 37.3 Å². The maximum absolute atomic E-state index is 14.3. The Kier molecular flexibility index (Phi) is 9.79. The van der Waals surface area contributed by atoms with Crippen LogP contribution in [-0.4, -0.2) is 113 Å². The zero-order valence-corrected chi connectivity index (χ0v) is 23.3. The third kappa shape index (κ3) is 6.88. The van der Waals surface area contributed by atoms with Crippen molar-refractivity contribution >= 4 is 28.9 Å². The van der Waals surface area contributed by atoms with Crippen LogP contribution in [0.5, 0.6) is 0 Å². The molecule has 2 saturated heterocycles. The van der Waals surface area contributed by atoms with Crippen molar-refractivity contribution in [2.24, 2.45) is 11.8 Å². The highest BCUT2D eigenvalue weighted by atomic mass is 16.5. The zero-order valence-electron chi connectivity index (χ0n) is 23.3. The predicted octanol–water partition coefficient (Wildman–Crippen LogP) is 2.79. The molecule has 1 N–H and O–H groups in total. The van der Waals surface area contributed by atoms with E-state index in [1.165, 1.54) is 4.90 Å². The minimum Gasteiger partial charge on any atom is -0.465 e. The minimum atomic E-state index is -1.08. The molecule has 0 saturated carbocycles. The Labute approximate surface area is 229 Å². The number of piperidine rings is 1. The van der Waals surface area contributed by atoms with E-state index in [2.05, 4.69) is 0 Å². The maximum Gasteiger partial charge on any atom is 0.407 e. The fraction of sp³-hybridized carbons (Fsp3) is 0.643. The molecule has 39 heavy (non-hydrogen) atoms. The summed E-state index contributed by atoms with van der Waals surface area (Å²) in [7, 11) is 1.67. The lowest BCUT2D eigenvalue weighted by Crippen LogP contribution is -2.58. The van der Waals surface area contributed by atoms with Crippen LogP contribution in [0.4, 0.5) is 4.79 Å². The topological polar surface area (TPSA) is 117 Å². The third-order valence-corrected chi connectivity index (χ3v) is 7.46. The number of unbranched alkanes of at least 4 members (excludes halogenated alkanes) is 1. The summed E-state index contributed by atoms with van der Waals surface area (Å²) in [4.78, 5) is 49.3. The summed E-state index contributed by atoms with van der Waals surface area (Å²) in [5.41, 5.74) is 1.63. The number of amides is 3. The van der Waals surface area contributed by atoms with Gasteiger partial charge in [-0.2, -0.15) is 0 Å². The van der Waals surface area contributed by atoms with Crippen LogP contribution >= 0.6 is 0 Å². The second kappa shape index (κ2) is 13.3. The van der Waals surface area contributed by atoms with Gasteiger partial charge in [0, 0.05) is 53.0 Å². The molecule has 0 spiro atoms. The third-order valence-electron chi connectivity index (χ3n) is 7.46. The highest BCUT2D eigenvalue weighted by molar-refractivity contribution is 5.95. The van der Waals surface area contributed by atoms with Crippen LogP contribution in [-0.2, 0) is 20.8 Å². The normalized spacial score (nSPS) is 20.0. The number of rotatable bonds is 10. The number of ether oxygens (including phenoxy) is 2. The Morgan fingerprint density at radius 3 is 2.56 bits per heavy atom. The molecule has 214 valence electrons. The molecule has 11 heteroatoms. The van der Waals surface area contributed by atoms with Crippen molar-refractivity contribution in [2.45, 2.75) is 45.7 Å². The van der Waals surface area contributed by atoms with Crippen LogP contribution in [0.2, 0.25) is 0 Å². The van der Waals surface area contributed by atoms with Crippen molar-refractivity contribution in [2.75, 3.05) is 59.7 Å². The van der Waals surface area contributed by atoms with Crippen molar-refractivity contribution in [3.05, 3.63) is 30.1 Å². The summed E-state index contributed by atoms with van der Waals surface area (Å²) in [6.45, 7) is 7.98. The number of likely N-dealkylation sites (tertiary alicyclic amines) is 1. The first-order valence-corrected chi connectivity index (χ1v) is 13.9. The SMILES string of the molecule is COCCCCn1c(C(=O)N(CC(C)C)[C@H]2C[C@@H](C(=O)N3CCOCC3)CN(C(=O)O)C2)nc2ccccc21. The number of carboxylic acid groups (broad SMARTS) is 1. The van der Waals surface area contributed by atoms with Gasteiger partial charge in [-0.15, -0.1) is 0 Å². The fourth-order valence-corrected chi connectivity index (χ4v) is 5.58. The average Bonchev–Trinajstić information content (AvgIpc) is 3.32. The Morgan fingerprint density at radius 2 is 1.87 bits per heavy atom. The van der Waals surface area contributed by atoms with Crippen molar-refractivity contribution < 1.29 is 29.0 Å². The molecule has 0 aliphatic carbocycles. The molecule has 2 fully saturated rings. The molecule has 0 radical (unpaired) electrons. The molecule has 0 bridgehead atoms. The van der Waals surface area contributed by atoms with Crippen LogP contribution in [0.3, 0.4) is 0 Å². The van der Waals surface area contributed by atoms with Gasteiger partial charge in [-0.3, -0.25) is 9.59 Å². The van der Waals surface area contributed by atoms with Crippen molar-refractivity contribution in [3.8, 4) is 0 Å². The molecule has 2 aliphatic heterocycles. The van der Waals surface area contributed by atoms with Crippen LogP contribution in [0.1, 0.15) is 43.7 Å². The maximum atomic E-state index is 14.3. The first-order chi connectivity index (χ1) is 18.8. The number of imidazole rings is 1. The number of carbonyl (C=O) groups is 3. The summed E-state index contributed by atoms with van der Waals surface area (Å²) >= 11 is 0. The van der Waals surface area contributed by atoms with E-state index < -0.39 is 18.1 Å². The van der Waals surface area contributed by atoms with Crippen LogP contribution in [0, 0.1) is 11.8 Å². The number of fused-ring (bicyclic) bond motifs is 1. The number of benzene rings is 1. The van der Waals surface area contributed by atoms with E-state index in [1.807, 2.05) is 42.7 Å². The lowest BCUT2D eigenvalue weighted by Gasteiger charge is -2.43. The Bertz CT molecular complexity index is 1140. The van der Waals surface area contributed by atoms with E-state index in [9.17, 15) is 19.5 Å². The smallest absolute Gasteiger partial charge is 0.407 e. The van der Waals surface area contributed by atoms with Gasteiger partial charge in [0.15, 0.2) is 5.82 Å². The van der Waals surface area contributed by atoms with E-state index in [1.54, 1.807) is 16.9 Å². The zero-order chi connectivity index (χ0) is 27.9. The summed E-state index contributed by atoms with van der Waals surface area (Å²) in [6.07, 6.45) is 1.01. The largest absolute Gasteiger partial charge is 0.465 e. The van der Waals surface area contributed by atoms with Gasteiger partial charge in [0.1, 0.15) is 0 Å². The van der Waals surface area contributed by atoms with Gasteiger partial charge in [0.25, 0.3) is 5.91 Å². The predicted molar refractivity (Wildman–Crippen MR) is 146 cm³/mol. The molecule has 3 amide bonds. The van der Waals surface area contributed by atoms with Crippen molar-refractivity contribution in [1.29, 1.82) is 0 Å². The van der Waals surface area contributed by atoms with E-state index in [-0.39, 0.29) is 30.8 Å². The standard InChI is InChI=1S/C28H41N5O6/c1-20(2)17-33(22-16-21(18-31(19-22)28(36)37)26(34)30-11-14-39-15-12-30)27(35)25-29-23-8-4-5-9-24(23)32(25)10-6-7-13-38-3/h4-5,8-9,20-22H,6-7,10-19H2,1-3H3,(H,36,37)/t21-,22+/m1/s1. The quantitative estimate of drug-likeness (QED) is 0.458. The Morgan fingerprint density at radius 1 is 1.13 bits per heavy atom. The van der Waals surface area contributed by atoms with E-state index in [0.717, 1.165) is 23.9 Å². The molecule has 2 aromatic rings. The van der Waals surface area contributed by atoms with E-state index in [0.29, 0.717) is 58.2 Å². The van der Waals surface area contributed by atoms with Crippen LogP contribution in [0.15, 0.2) is 24.3 Å². The van der Waals surface area contributed by atoms with Crippen LogP contribution in [0.25, 0.3) is 11.0 Å². The van der Waals surface area contributed by atoms with Gasteiger partial charge >= 0.3 is 6.09 Å². The first kappa shape index (κ1) is 28.8. The Balaban J connectivity index is 1.64. The van der Waals surface area contributed by atoms with Gasteiger partial charge < -0.3 is 33.8 Å².